The van der Waals surface area contributed by atoms with Gasteiger partial charge in [0, 0.05) is 14.1 Å². The van der Waals surface area contributed by atoms with Crippen LogP contribution in [0.2, 0.25) is 0 Å². The number of allylic oxidation sites excluding steroid dienone is 4. The van der Waals surface area contributed by atoms with E-state index < -0.39 is 17.3 Å². The van der Waals surface area contributed by atoms with Gasteiger partial charge in [-0.15, -0.1) is 0 Å². The van der Waals surface area contributed by atoms with Crippen molar-refractivity contribution in [2.45, 2.75) is 66.2 Å². The molecule has 0 aromatic rings. The molecule has 8 heteroatoms. The molecule has 4 aliphatic rings. The lowest BCUT2D eigenvalue weighted by Gasteiger charge is -2.36. The summed E-state index contributed by atoms with van der Waals surface area (Å²) in [5.74, 6) is -2.86. The zero-order valence-electron chi connectivity index (χ0n) is 21.4. The lowest BCUT2D eigenvalue weighted by atomic mass is 9.64. The molecule has 2 fully saturated rings. The van der Waals surface area contributed by atoms with Gasteiger partial charge in [-0.25, -0.2) is 0 Å². The summed E-state index contributed by atoms with van der Waals surface area (Å²) in [7, 11) is 3.01. The van der Waals surface area contributed by atoms with Gasteiger partial charge >= 0.3 is 0 Å². The van der Waals surface area contributed by atoms with Gasteiger partial charge in [0.25, 0.3) is 0 Å². The van der Waals surface area contributed by atoms with Crippen molar-refractivity contribution >= 4 is 35.2 Å². The number of hydrogen-bond acceptors (Lipinski definition) is 6. The number of Topliss-reactive ketones (excluding diaryl/α,β-unsaturated/α-hetero) is 2. The summed E-state index contributed by atoms with van der Waals surface area (Å²) in [6.07, 6.45) is 2.05. The van der Waals surface area contributed by atoms with E-state index in [0.717, 1.165) is 22.3 Å². The third-order valence-electron chi connectivity index (χ3n) is 9.13. The minimum absolute atomic E-state index is 0.166. The Morgan fingerprint density at radius 3 is 1.23 bits per heavy atom. The molecule has 4 atom stereocenters. The third-order valence-corrected chi connectivity index (χ3v) is 9.13. The Morgan fingerprint density at radius 2 is 0.943 bits per heavy atom. The van der Waals surface area contributed by atoms with Crippen LogP contribution in [-0.4, -0.2) is 59.1 Å². The van der Waals surface area contributed by atoms with E-state index in [0.29, 0.717) is 25.7 Å². The van der Waals surface area contributed by atoms with Gasteiger partial charge in [-0.05, 0) is 66.2 Å². The minimum Gasteiger partial charge on any atom is -0.299 e. The van der Waals surface area contributed by atoms with Crippen molar-refractivity contribution in [3.05, 3.63) is 22.3 Å². The summed E-state index contributed by atoms with van der Waals surface area (Å²) in [5.41, 5.74) is 2.41. The molecule has 2 saturated heterocycles. The van der Waals surface area contributed by atoms with Gasteiger partial charge in [-0.1, -0.05) is 22.3 Å². The first kappa shape index (κ1) is 25.2. The normalized spacial score (nSPS) is 29.3. The van der Waals surface area contributed by atoms with E-state index >= 15 is 0 Å². The van der Waals surface area contributed by atoms with E-state index in [4.69, 9.17) is 0 Å². The Labute approximate surface area is 205 Å². The second kappa shape index (κ2) is 8.64. The van der Waals surface area contributed by atoms with Crippen molar-refractivity contribution in [2.24, 2.45) is 29.1 Å². The van der Waals surface area contributed by atoms with Gasteiger partial charge in [-0.2, -0.15) is 0 Å². The summed E-state index contributed by atoms with van der Waals surface area (Å²) >= 11 is 0. The summed E-state index contributed by atoms with van der Waals surface area (Å²) in [6, 6.07) is 0. The Kier molecular flexibility index (Phi) is 6.22. The van der Waals surface area contributed by atoms with E-state index in [-0.39, 0.29) is 59.9 Å². The van der Waals surface area contributed by atoms with E-state index in [2.05, 4.69) is 0 Å². The number of fused-ring (bicyclic) bond motifs is 2. The molecule has 0 aromatic carbocycles. The summed E-state index contributed by atoms with van der Waals surface area (Å²) < 4.78 is 0. The molecule has 0 aromatic heterocycles. The van der Waals surface area contributed by atoms with Crippen LogP contribution >= 0.6 is 0 Å². The highest BCUT2D eigenvalue weighted by Crippen LogP contribution is 2.49. The predicted molar refractivity (Wildman–Crippen MR) is 126 cm³/mol. The second-order valence-electron chi connectivity index (χ2n) is 11.0. The number of carbonyl (C=O) groups excluding carboxylic acids is 6. The molecule has 2 heterocycles. The fourth-order valence-corrected chi connectivity index (χ4v) is 6.63. The maximum atomic E-state index is 13.1. The molecule has 8 nitrogen and oxygen atoms in total. The number of carbonyl (C=O) groups is 6. The van der Waals surface area contributed by atoms with Crippen LogP contribution in [0.25, 0.3) is 0 Å². The monoisotopic (exact) mass is 482 g/mol. The van der Waals surface area contributed by atoms with Gasteiger partial charge in [-0.3, -0.25) is 38.6 Å². The molecule has 0 bridgehead atoms. The van der Waals surface area contributed by atoms with Crippen molar-refractivity contribution in [1.82, 2.24) is 9.80 Å². The van der Waals surface area contributed by atoms with Gasteiger partial charge in [0.1, 0.15) is 11.6 Å². The van der Waals surface area contributed by atoms with Crippen LogP contribution in [0.4, 0.5) is 0 Å². The van der Waals surface area contributed by atoms with Crippen LogP contribution in [-0.2, 0) is 28.8 Å². The van der Waals surface area contributed by atoms with E-state index in [1.807, 2.05) is 13.8 Å². The summed E-state index contributed by atoms with van der Waals surface area (Å²) in [5, 5.41) is 0. The number of amides is 4. The van der Waals surface area contributed by atoms with Crippen molar-refractivity contribution in [3.63, 3.8) is 0 Å². The van der Waals surface area contributed by atoms with Crippen LogP contribution in [0.5, 0.6) is 0 Å². The number of hydrogen-bond donors (Lipinski definition) is 0. The maximum Gasteiger partial charge on any atom is 0.233 e. The Morgan fingerprint density at radius 1 is 0.657 bits per heavy atom. The Balaban J connectivity index is 1.65. The average Bonchev–Trinajstić information content (AvgIpc) is 3.13. The van der Waals surface area contributed by atoms with Crippen molar-refractivity contribution in [1.29, 1.82) is 0 Å². The van der Waals surface area contributed by atoms with Gasteiger partial charge in [0.05, 0.1) is 29.1 Å². The molecule has 2 aliphatic carbocycles. The zero-order valence-corrected chi connectivity index (χ0v) is 21.4. The summed E-state index contributed by atoms with van der Waals surface area (Å²) in [4.78, 5) is 78.9. The summed E-state index contributed by atoms with van der Waals surface area (Å²) in [6.45, 7) is 6.70. The first-order valence-corrected chi connectivity index (χ1v) is 12.3. The molecule has 0 N–H and O–H groups in total. The number of imide groups is 2. The Hall–Kier alpha value is -2.90. The number of rotatable bonds is 6. The quantitative estimate of drug-likeness (QED) is 0.327. The molecule has 0 saturated carbocycles. The van der Waals surface area contributed by atoms with E-state index in [1.54, 1.807) is 0 Å². The predicted octanol–water partition coefficient (Wildman–Crippen LogP) is 2.61. The van der Waals surface area contributed by atoms with Crippen LogP contribution < -0.4 is 0 Å². The molecule has 4 amide bonds. The molecular weight excluding hydrogens is 448 g/mol. The topological polar surface area (TPSA) is 109 Å². The molecular formula is C27H34N2O6. The highest BCUT2D eigenvalue weighted by Gasteiger charge is 2.52. The first-order chi connectivity index (χ1) is 16.3. The van der Waals surface area contributed by atoms with E-state index in [9.17, 15) is 28.8 Å². The number of nitrogens with zero attached hydrogens (tertiary/aromatic N) is 2. The molecule has 188 valence electrons. The smallest absolute Gasteiger partial charge is 0.233 e. The molecule has 4 rings (SSSR count). The standard InChI is InChI=1S/C27H34N2O6/c1-13-7-19-21(25(34)28(5)23(19)32)9-17(13)11-27(15(3)30,16(4)31)12-18-10-22-20(8-14(18)2)24(33)29(6)26(22)35/h19-22H,7-12H2,1-6H3/t19-,20+,21+,22-. The van der Waals surface area contributed by atoms with Crippen molar-refractivity contribution in [2.75, 3.05) is 14.1 Å². The fourth-order valence-electron chi connectivity index (χ4n) is 6.63. The number of ketones is 2. The highest BCUT2D eigenvalue weighted by atomic mass is 16.2. The Bertz CT molecular complexity index is 1040. The lowest BCUT2D eigenvalue weighted by molar-refractivity contribution is -0.139. The van der Waals surface area contributed by atoms with E-state index in [1.165, 1.54) is 37.7 Å². The highest BCUT2D eigenvalue weighted by molar-refractivity contribution is 6.07. The molecule has 35 heavy (non-hydrogen) atoms. The van der Waals surface area contributed by atoms with Crippen molar-refractivity contribution in [3.8, 4) is 0 Å². The molecule has 2 aliphatic heterocycles. The maximum absolute atomic E-state index is 13.1. The fraction of sp³-hybridized carbons (Fsp3) is 0.630. The van der Waals surface area contributed by atoms with Gasteiger partial charge in [0.15, 0.2) is 0 Å². The molecule has 0 spiro atoms. The number of likely N-dealkylation sites (tertiary alicyclic amines) is 2. The second-order valence-corrected chi connectivity index (χ2v) is 11.0. The average molecular weight is 483 g/mol. The first-order valence-electron chi connectivity index (χ1n) is 12.3. The zero-order chi connectivity index (χ0) is 26.0. The van der Waals surface area contributed by atoms with Crippen LogP contribution in [0, 0.1) is 29.1 Å². The van der Waals surface area contributed by atoms with Crippen molar-refractivity contribution < 1.29 is 28.8 Å². The van der Waals surface area contributed by atoms with Gasteiger partial charge in [0.2, 0.25) is 23.6 Å². The largest absolute Gasteiger partial charge is 0.299 e. The van der Waals surface area contributed by atoms with Crippen LogP contribution in [0.15, 0.2) is 22.3 Å². The molecule has 0 radical (unpaired) electrons. The van der Waals surface area contributed by atoms with Gasteiger partial charge < -0.3 is 0 Å². The SMILES string of the molecule is CC(=O)C(CC1=C(C)C[C@H]2C(=O)N(C)C(=O)[C@H]2C1)(CC1=C(C)C[C@@H]2C(=O)N(C)C(=O)[C@@H]2C1)C(C)=O. The molecule has 0 unspecified atom stereocenters. The third kappa shape index (κ3) is 3.81. The minimum atomic E-state index is -1.30. The lowest BCUT2D eigenvalue weighted by Crippen LogP contribution is -2.39. The van der Waals surface area contributed by atoms with Crippen LogP contribution in [0.3, 0.4) is 0 Å². The van der Waals surface area contributed by atoms with Crippen LogP contribution in [0.1, 0.15) is 66.2 Å².